The minimum Gasteiger partial charge on any atom is -0.378 e. The molecule has 3 N–H and O–H groups in total. The van der Waals surface area contributed by atoms with Crippen molar-refractivity contribution >= 4 is 27.5 Å². The zero-order chi connectivity index (χ0) is 19.4. The minimum absolute atomic E-state index is 0.108. The van der Waals surface area contributed by atoms with Crippen LogP contribution in [0.1, 0.15) is 41.9 Å². The van der Waals surface area contributed by atoms with E-state index >= 15 is 0 Å². The number of aromatic amines is 1. The standard InChI is InChI=1S/C19H28N4O3S/c1-12-13(2)27-19-17(12)18(25)21-15(22-19)4-5-16(24)23-9-6-14(7-10-23)26-11-3-8-20/h14H,3-11,20H2,1-2H3,(H,21,22,25). The van der Waals surface area contributed by atoms with Gasteiger partial charge in [0, 0.05) is 37.4 Å². The largest absolute Gasteiger partial charge is 0.378 e. The molecule has 3 heterocycles. The number of aromatic nitrogens is 2. The molecule has 8 heteroatoms. The predicted molar refractivity (Wildman–Crippen MR) is 107 cm³/mol. The van der Waals surface area contributed by atoms with Crippen LogP contribution in [0.5, 0.6) is 0 Å². The maximum atomic E-state index is 12.5. The molecule has 3 rings (SSSR count). The summed E-state index contributed by atoms with van der Waals surface area (Å²) >= 11 is 1.53. The summed E-state index contributed by atoms with van der Waals surface area (Å²) in [6.07, 6.45) is 3.64. The number of ether oxygens (including phenoxy) is 1. The second-order valence-electron chi connectivity index (χ2n) is 7.07. The number of likely N-dealkylation sites (tertiary alicyclic amines) is 1. The Morgan fingerprint density at radius 2 is 2.11 bits per heavy atom. The van der Waals surface area contributed by atoms with Crippen molar-refractivity contribution in [1.29, 1.82) is 0 Å². The molecule has 0 bridgehead atoms. The molecule has 1 aliphatic heterocycles. The quantitative estimate of drug-likeness (QED) is 0.701. The molecule has 0 spiro atoms. The van der Waals surface area contributed by atoms with Crippen molar-refractivity contribution in [2.75, 3.05) is 26.2 Å². The summed E-state index contributed by atoms with van der Waals surface area (Å²) in [4.78, 5) is 36.0. The van der Waals surface area contributed by atoms with E-state index in [0.29, 0.717) is 37.2 Å². The molecular weight excluding hydrogens is 364 g/mol. The highest BCUT2D eigenvalue weighted by molar-refractivity contribution is 7.18. The Balaban J connectivity index is 1.52. The number of H-pyrrole nitrogens is 1. The maximum absolute atomic E-state index is 12.5. The Morgan fingerprint density at radius 1 is 1.37 bits per heavy atom. The lowest BCUT2D eigenvalue weighted by Gasteiger charge is -2.32. The summed E-state index contributed by atoms with van der Waals surface area (Å²) in [6, 6.07) is 0. The molecule has 0 aliphatic carbocycles. The van der Waals surface area contributed by atoms with Crippen molar-refractivity contribution in [3.05, 3.63) is 26.6 Å². The molecule has 2 aromatic heterocycles. The first-order valence-electron chi connectivity index (χ1n) is 9.58. The van der Waals surface area contributed by atoms with Crippen molar-refractivity contribution in [1.82, 2.24) is 14.9 Å². The number of nitrogens with zero attached hydrogens (tertiary/aromatic N) is 2. The molecule has 0 saturated carbocycles. The molecule has 0 atom stereocenters. The second kappa shape index (κ2) is 8.95. The summed E-state index contributed by atoms with van der Waals surface area (Å²) < 4.78 is 5.78. The minimum atomic E-state index is -0.111. The molecule has 7 nitrogen and oxygen atoms in total. The van der Waals surface area contributed by atoms with Crippen LogP contribution < -0.4 is 11.3 Å². The summed E-state index contributed by atoms with van der Waals surface area (Å²) in [7, 11) is 0. The highest BCUT2D eigenvalue weighted by Gasteiger charge is 2.23. The van der Waals surface area contributed by atoms with Crippen molar-refractivity contribution in [3.8, 4) is 0 Å². The third kappa shape index (κ3) is 4.75. The fraction of sp³-hybridized carbons (Fsp3) is 0.632. The first-order chi connectivity index (χ1) is 13.0. The molecular formula is C19H28N4O3S. The van der Waals surface area contributed by atoms with Crippen LogP contribution in [0.2, 0.25) is 0 Å². The third-order valence-electron chi connectivity index (χ3n) is 5.16. The third-order valence-corrected chi connectivity index (χ3v) is 6.26. The van der Waals surface area contributed by atoms with E-state index in [1.807, 2.05) is 18.7 Å². The number of nitrogens with two attached hydrogens (primary N) is 1. The average Bonchev–Trinajstić information content (AvgIpc) is 2.95. The number of amides is 1. The van der Waals surface area contributed by atoms with Crippen LogP contribution in [0.15, 0.2) is 4.79 Å². The Hall–Kier alpha value is -1.77. The number of fused-ring (bicyclic) bond motifs is 1. The zero-order valence-electron chi connectivity index (χ0n) is 16.0. The number of carbonyl (C=O) groups is 1. The van der Waals surface area contributed by atoms with E-state index in [4.69, 9.17) is 10.5 Å². The molecule has 1 aliphatic rings. The van der Waals surface area contributed by atoms with E-state index in [1.54, 1.807) is 0 Å². The first kappa shape index (κ1) is 20.0. The van der Waals surface area contributed by atoms with Crippen LogP contribution >= 0.6 is 11.3 Å². The van der Waals surface area contributed by atoms with Gasteiger partial charge < -0.3 is 20.4 Å². The number of nitrogens with one attached hydrogen (secondary N) is 1. The highest BCUT2D eigenvalue weighted by atomic mass is 32.1. The van der Waals surface area contributed by atoms with Crippen LogP contribution in [-0.4, -0.2) is 53.1 Å². The van der Waals surface area contributed by atoms with E-state index in [0.717, 1.165) is 47.6 Å². The zero-order valence-corrected chi connectivity index (χ0v) is 16.9. The molecule has 2 aromatic rings. The van der Waals surface area contributed by atoms with Gasteiger partial charge in [0.05, 0.1) is 11.5 Å². The van der Waals surface area contributed by atoms with Crippen molar-refractivity contribution in [2.45, 2.75) is 52.1 Å². The number of piperidine rings is 1. The van der Waals surface area contributed by atoms with Gasteiger partial charge in [0.15, 0.2) is 0 Å². The summed E-state index contributed by atoms with van der Waals surface area (Å²) in [5.74, 6) is 0.693. The van der Waals surface area contributed by atoms with E-state index < -0.39 is 0 Å². The van der Waals surface area contributed by atoms with Gasteiger partial charge in [-0.2, -0.15) is 0 Å². The Labute approximate surface area is 162 Å². The van der Waals surface area contributed by atoms with E-state index in [9.17, 15) is 9.59 Å². The normalized spacial score (nSPS) is 15.6. The highest BCUT2D eigenvalue weighted by Crippen LogP contribution is 2.25. The average molecular weight is 393 g/mol. The molecule has 0 unspecified atom stereocenters. The molecule has 1 amide bonds. The van der Waals surface area contributed by atoms with Crippen molar-refractivity contribution in [2.24, 2.45) is 5.73 Å². The lowest BCUT2D eigenvalue weighted by atomic mass is 10.1. The number of carbonyl (C=O) groups excluding carboxylic acids is 1. The Kier molecular flexibility index (Phi) is 6.62. The summed E-state index contributed by atoms with van der Waals surface area (Å²) in [6.45, 7) is 6.71. The van der Waals surface area contributed by atoms with Gasteiger partial charge in [0.25, 0.3) is 5.56 Å². The lowest BCUT2D eigenvalue weighted by Crippen LogP contribution is -2.41. The van der Waals surface area contributed by atoms with Gasteiger partial charge >= 0.3 is 0 Å². The van der Waals surface area contributed by atoms with Gasteiger partial charge in [-0.05, 0) is 45.2 Å². The first-order valence-corrected chi connectivity index (χ1v) is 10.4. The molecule has 27 heavy (non-hydrogen) atoms. The van der Waals surface area contributed by atoms with E-state index in [2.05, 4.69) is 9.97 Å². The maximum Gasteiger partial charge on any atom is 0.259 e. The van der Waals surface area contributed by atoms with Gasteiger partial charge in [-0.25, -0.2) is 4.98 Å². The number of hydrogen-bond acceptors (Lipinski definition) is 6. The van der Waals surface area contributed by atoms with E-state index in [-0.39, 0.29) is 17.6 Å². The Morgan fingerprint density at radius 3 is 2.81 bits per heavy atom. The van der Waals surface area contributed by atoms with Crippen LogP contribution in [-0.2, 0) is 16.0 Å². The topological polar surface area (TPSA) is 101 Å². The summed E-state index contributed by atoms with van der Waals surface area (Å²) in [5.41, 5.74) is 6.35. The fourth-order valence-electron chi connectivity index (χ4n) is 3.41. The second-order valence-corrected chi connectivity index (χ2v) is 8.27. The van der Waals surface area contributed by atoms with Crippen molar-refractivity contribution in [3.63, 3.8) is 0 Å². The van der Waals surface area contributed by atoms with E-state index in [1.165, 1.54) is 11.3 Å². The number of aryl methyl sites for hydroxylation is 3. The predicted octanol–water partition coefficient (Wildman–Crippen LogP) is 1.89. The molecule has 1 fully saturated rings. The van der Waals surface area contributed by atoms with Crippen LogP contribution in [0.25, 0.3) is 10.2 Å². The monoisotopic (exact) mass is 392 g/mol. The van der Waals surface area contributed by atoms with Gasteiger partial charge in [-0.3, -0.25) is 9.59 Å². The number of rotatable bonds is 7. The molecule has 0 radical (unpaired) electrons. The van der Waals surface area contributed by atoms with Gasteiger partial charge in [0.1, 0.15) is 10.7 Å². The number of thiophene rings is 1. The Bertz CT molecular complexity index is 852. The number of hydrogen-bond donors (Lipinski definition) is 2. The smallest absolute Gasteiger partial charge is 0.259 e. The van der Waals surface area contributed by atoms with Crippen LogP contribution in [0, 0.1) is 13.8 Å². The fourth-order valence-corrected chi connectivity index (χ4v) is 4.46. The molecule has 148 valence electrons. The van der Waals surface area contributed by atoms with Gasteiger partial charge in [-0.15, -0.1) is 11.3 Å². The van der Waals surface area contributed by atoms with Crippen LogP contribution in [0.3, 0.4) is 0 Å². The SMILES string of the molecule is Cc1sc2nc(CCC(=O)N3CCC(OCCCN)CC3)[nH]c(=O)c2c1C. The lowest BCUT2D eigenvalue weighted by molar-refractivity contribution is -0.133. The van der Waals surface area contributed by atoms with Gasteiger partial charge in [0.2, 0.25) is 5.91 Å². The van der Waals surface area contributed by atoms with Crippen molar-refractivity contribution < 1.29 is 9.53 Å². The van der Waals surface area contributed by atoms with Gasteiger partial charge in [-0.1, -0.05) is 0 Å². The molecule has 1 saturated heterocycles. The van der Waals surface area contributed by atoms with Crippen LogP contribution in [0.4, 0.5) is 0 Å². The molecule has 0 aromatic carbocycles. The summed E-state index contributed by atoms with van der Waals surface area (Å²) in [5, 5.41) is 0.671.